The van der Waals surface area contributed by atoms with E-state index in [4.69, 9.17) is 0 Å². The van der Waals surface area contributed by atoms with Gasteiger partial charge in [0.25, 0.3) is 5.56 Å². The van der Waals surface area contributed by atoms with Gasteiger partial charge in [0.15, 0.2) is 0 Å². The predicted molar refractivity (Wildman–Crippen MR) is 88.6 cm³/mol. The number of rotatable bonds is 4. The molecule has 118 valence electrons. The minimum atomic E-state index is -0.867. The SMILES string of the molecule is C[C@](C#N)(NC(=O)Cn1cnc2ccc(Br)cc2c1=O)C1CC1. The molecule has 0 bridgehead atoms. The molecule has 1 aliphatic rings. The molecule has 1 amide bonds. The first-order chi connectivity index (χ1) is 10.9. The van der Waals surface area contributed by atoms with Gasteiger partial charge in [-0.25, -0.2) is 4.98 Å². The third kappa shape index (κ3) is 3.13. The van der Waals surface area contributed by atoms with Gasteiger partial charge in [0, 0.05) is 4.47 Å². The van der Waals surface area contributed by atoms with Gasteiger partial charge in [-0.1, -0.05) is 15.9 Å². The summed E-state index contributed by atoms with van der Waals surface area (Å²) in [6.45, 7) is 1.57. The number of hydrogen-bond donors (Lipinski definition) is 1. The fourth-order valence-corrected chi connectivity index (χ4v) is 2.97. The number of nitrogens with zero attached hydrogens (tertiary/aromatic N) is 3. The van der Waals surface area contributed by atoms with E-state index in [-0.39, 0.29) is 23.9 Å². The maximum atomic E-state index is 12.5. The van der Waals surface area contributed by atoms with Crippen molar-refractivity contribution in [1.82, 2.24) is 14.9 Å². The normalized spacial score (nSPS) is 16.6. The Morgan fingerprint density at radius 1 is 1.57 bits per heavy atom. The van der Waals surface area contributed by atoms with Gasteiger partial charge in [-0.15, -0.1) is 0 Å². The van der Waals surface area contributed by atoms with Gasteiger partial charge < -0.3 is 5.32 Å². The summed E-state index contributed by atoms with van der Waals surface area (Å²) in [7, 11) is 0. The van der Waals surface area contributed by atoms with Crippen LogP contribution in [0.1, 0.15) is 19.8 Å². The molecular formula is C16H15BrN4O2. The molecule has 0 aliphatic heterocycles. The maximum Gasteiger partial charge on any atom is 0.261 e. The Labute approximate surface area is 141 Å². The monoisotopic (exact) mass is 374 g/mol. The fourth-order valence-electron chi connectivity index (χ4n) is 2.61. The van der Waals surface area contributed by atoms with Crippen LogP contribution in [0.25, 0.3) is 10.9 Å². The van der Waals surface area contributed by atoms with Crippen LogP contribution < -0.4 is 10.9 Å². The number of carbonyl (C=O) groups excluding carboxylic acids is 1. The first-order valence-electron chi connectivity index (χ1n) is 7.30. The molecule has 1 aliphatic carbocycles. The summed E-state index contributed by atoms with van der Waals surface area (Å²) in [4.78, 5) is 28.9. The van der Waals surface area contributed by atoms with Crippen LogP contribution in [0.15, 0.2) is 33.8 Å². The second kappa shape index (κ2) is 5.78. The summed E-state index contributed by atoms with van der Waals surface area (Å²) >= 11 is 3.32. The highest BCUT2D eigenvalue weighted by Crippen LogP contribution is 2.39. The molecule has 1 heterocycles. The molecule has 0 spiro atoms. The Morgan fingerprint density at radius 2 is 2.30 bits per heavy atom. The zero-order valence-corrected chi connectivity index (χ0v) is 14.1. The number of halogens is 1. The fraction of sp³-hybridized carbons (Fsp3) is 0.375. The summed E-state index contributed by atoms with van der Waals surface area (Å²) in [6.07, 6.45) is 3.24. The van der Waals surface area contributed by atoms with Crippen LogP contribution in [-0.4, -0.2) is 21.0 Å². The van der Waals surface area contributed by atoms with Crippen LogP contribution in [0, 0.1) is 17.2 Å². The average molecular weight is 375 g/mol. The number of nitriles is 1. The largest absolute Gasteiger partial charge is 0.336 e. The Hall–Kier alpha value is -2.20. The summed E-state index contributed by atoms with van der Waals surface area (Å²) in [5.74, 6) is -0.168. The van der Waals surface area contributed by atoms with Gasteiger partial charge in [-0.3, -0.25) is 14.2 Å². The number of aromatic nitrogens is 2. The predicted octanol–water partition coefficient (Wildman–Crippen LogP) is 1.97. The van der Waals surface area contributed by atoms with E-state index in [2.05, 4.69) is 32.3 Å². The molecule has 3 rings (SSSR count). The lowest BCUT2D eigenvalue weighted by molar-refractivity contribution is -0.123. The van der Waals surface area contributed by atoms with Crippen LogP contribution in [-0.2, 0) is 11.3 Å². The molecule has 1 aromatic carbocycles. The number of amides is 1. The van der Waals surface area contributed by atoms with E-state index in [0.29, 0.717) is 10.9 Å². The molecule has 0 unspecified atom stereocenters. The summed E-state index contributed by atoms with van der Waals surface area (Å²) < 4.78 is 2.03. The van der Waals surface area contributed by atoms with Gasteiger partial charge in [-0.05, 0) is 43.9 Å². The topological polar surface area (TPSA) is 87.8 Å². The molecule has 1 atom stereocenters. The van der Waals surface area contributed by atoms with Crippen LogP contribution >= 0.6 is 15.9 Å². The van der Waals surface area contributed by atoms with Crippen molar-refractivity contribution < 1.29 is 4.79 Å². The lowest BCUT2D eigenvalue weighted by Gasteiger charge is -2.23. The van der Waals surface area contributed by atoms with E-state index >= 15 is 0 Å². The van der Waals surface area contributed by atoms with Crippen molar-refractivity contribution in [3.8, 4) is 6.07 Å². The molecule has 0 saturated heterocycles. The molecule has 7 heteroatoms. The highest BCUT2D eigenvalue weighted by molar-refractivity contribution is 9.10. The van der Waals surface area contributed by atoms with Gasteiger partial charge in [-0.2, -0.15) is 5.26 Å². The van der Waals surface area contributed by atoms with E-state index in [9.17, 15) is 14.9 Å². The Bertz CT molecular complexity index is 882. The van der Waals surface area contributed by atoms with E-state index in [0.717, 1.165) is 17.3 Å². The van der Waals surface area contributed by atoms with Crippen molar-refractivity contribution in [2.24, 2.45) is 5.92 Å². The number of hydrogen-bond acceptors (Lipinski definition) is 4. The van der Waals surface area contributed by atoms with E-state index in [1.165, 1.54) is 10.9 Å². The minimum absolute atomic E-state index is 0.154. The van der Waals surface area contributed by atoms with Crippen molar-refractivity contribution in [3.63, 3.8) is 0 Å². The van der Waals surface area contributed by atoms with Crippen LogP contribution in [0.3, 0.4) is 0 Å². The summed E-state index contributed by atoms with van der Waals surface area (Å²) in [5.41, 5.74) is -0.570. The van der Waals surface area contributed by atoms with Crippen LogP contribution in [0.4, 0.5) is 0 Å². The van der Waals surface area contributed by atoms with E-state index in [1.54, 1.807) is 25.1 Å². The average Bonchev–Trinajstić information content (AvgIpc) is 3.35. The second-order valence-corrected chi connectivity index (χ2v) is 6.89. The van der Waals surface area contributed by atoms with Crippen molar-refractivity contribution >= 4 is 32.7 Å². The highest BCUT2D eigenvalue weighted by atomic mass is 79.9. The summed E-state index contributed by atoms with van der Waals surface area (Å²) in [6, 6.07) is 7.40. The van der Waals surface area contributed by atoms with Crippen LogP contribution in [0.5, 0.6) is 0 Å². The minimum Gasteiger partial charge on any atom is -0.336 e. The van der Waals surface area contributed by atoms with Crippen molar-refractivity contribution in [2.45, 2.75) is 31.8 Å². The lowest BCUT2D eigenvalue weighted by Crippen LogP contribution is -2.48. The van der Waals surface area contributed by atoms with Crippen molar-refractivity contribution in [3.05, 3.63) is 39.4 Å². The van der Waals surface area contributed by atoms with Crippen LogP contribution in [0.2, 0.25) is 0 Å². The maximum absolute atomic E-state index is 12.5. The van der Waals surface area contributed by atoms with Gasteiger partial charge in [0.05, 0.1) is 23.3 Å². The third-order valence-corrected chi connectivity index (χ3v) is 4.62. The summed E-state index contributed by atoms with van der Waals surface area (Å²) in [5, 5.41) is 12.5. The molecule has 2 aromatic rings. The second-order valence-electron chi connectivity index (χ2n) is 5.98. The first kappa shape index (κ1) is 15.7. The molecule has 1 fully saturated rings. The molecule has 0 radical (unpaired) electrons. The molecule has 1 aromatic heterocycles. The Balaban J connectivity index is 1.84. The Kier molecular flexibility index (Phi) is 3.94. The van der Waals surface area contributed by atoms with E-state index < -0.39 is 5.54 Å². The quantitative estimate of drug-likeness (QED) is 0.885. The van der Waals surface area contributed by atoms with Crippen molar-refractivity contribution in [1.29, 1.82) is 5.26 Å². The number of carbonyl (C=O) groups is 1. The zero-order valence-electron chi connectivity index (χ0n) is 12.5. The molecule has 23 heavy (non-hydrogen) atoms. The number of benzene rings is 1. The highest BCUT2D eigenvalue weighted by Gasteiger charge is 2.43. The smallest absolute Gasteiger partial charge is 0.261 e. The molecular weight excluding hydrogens is 360 g/mol. The first-order valence-corrected chi connectivity index (χ1v) is 8.09. The van der Waals surface area contributed by atoms with Gasteiger partial charge >= 0.3 is 0 Å². The standard InChI is InChI=1S/C16H15BrN4O2/c1-16(8-18,10-2-3-10)20-14(22)7-21-9-19-13-5-4-11(17)6-12(13)15(21)23/h4-6,9-10H,2-3,7H2,1H3,(H,20,22)/t16-/m1/s1. The third-order valence-electron chi connectivity index (χ3n) is 4.13. The van der Waals surface area contributed by atoms with Gasteiger partial charge in [0.1, 0.15) is 12.1 Å². The molecule has 1 saturated carbocycles. The zero-order chi connectivity index (χ0) is 16.6. The lowest BCUT2D eigenvalue weighted by atomic mass is 9.98. The number of fused-ring (bicyclic) bond motifs is 1. The molecule has 6 nitrogen and oxygen atoms in total. The number of nitrogens with one attached hydrogen (secondary N) is 1. The molecule has 1 N–H and O–H groups in total. The van der Waals surface area contributed by atoms with Crippen molar-refractivity contribution in [2.75, 3.05) is 0 Å². The van der Waals surface area contributed by atoms with Gasteiger partial charge in [0.2, 0.25) is 5.91 Å². The Morgan fingerprint density at radius 3 is 2.96 bits per heavy atom. The van der Waals surface area contributed by atoms with E-state index in [1.807, 2.05) is 0 Å².